The Hall–Kier alpha value is -0.160. The lowest BCUT2D eigenvalue weighted by Crippen LogP contribution is -2.22. The van der Waals surface area contributed by atoms with Crippen LogP contribution in [0.15, 0.2) is 0 Å². The molecule has 0 bridgehead atoms. The molecule has 0 aromatic heterocycles. The largest absolute Gasteiger partial charge is 0.392 e. The predicted octanol–water partition coefficient (Wildman–Crippen LogP) is -1.20. The first-order chi connectivity index (χ1) is 5.20. The maximum atomic E-state index is 9.01. The van der Waals surface area contributed by atoms with Crippen molar-refractivity contribution in [3.8, 4) is 0 Å². The summed E-state index contributed by atoms with van der Waals surface area (Å²) in [5.74, 6) is 0. The van der Waals surface area contributed by atoms with Crippen molar-refractivity contribution in [1.82, 2.24) is 0 Å². The number of aliphatic hydroxyl groups excluding tert-OH is 2. The topological polar surface area (TPSA) is 92.5 Å². The van der Waals surface area contributed by atoms with Crippen LogP contribution in [0.2, 0.25) is 0 Å². The Kier molecular flexibility index (Phi) is 6.45. The first-order valence-corrected chi connectivity index (χ1v) is 3.97. The van der Waals surface area contributed by atoms with Crippen LogP contribution in [0.25, 0.3) is 0 Å². The number of nitrogens with two attached hydrogens (primary N) is 2. The summed E-state index contributed by atoms with van der Waals surface area (Å²) in [5.41, 5.74) is 10.4. The Bertz CT molecular complexity index is 80.5. The second-order valence-electron chi connectivity index (χ2n) is 2.71. The molecule has 4 heteroatoms. The Balaban J connectivity index is 3.13. The summed E-state index contributed by atoms with van der Waals surface area (Å²) >= 11 is 0. The number of hydrogen-bond donors (Lipinski definition) is 4. The highest BCUT2D eigenvalue weighted by Crippen LogP contribution is 2.02. The molecule has 0 rings (SSSR count). The van der Waals surface area contributed by atoms with Crippen molar-refractivity contribution in [2.75, 3.05) is 13.1 Å². The van der Waals surface area contributed by atoms with E-state index in [-0.39, 0.29) is 0 Å². The van der Waals surface area contributed by atoms with Crippen LogP contribution < -0.4 is 11.5 Å². The standard InChI is InChI=1S/C7H18N2O2/c8-4-6(10)2-1-3-7(11)5-9/h6-7,10-11H,1-5,8-9H2. The van der Waals surface area contributed by atoms with Gasteiger partial charge in [-0.1, -0.05) is 0 Å². The first kappa shape index (κ1) is 10.8. The molecule has 0 fully saturated rings. The molecule has 0 spiro atoms. The molecule has 0 aliphatic heterocycles. The highest BCUT2D eigenvalue weighted by Gasteiger charge is 2.03. The van der Waals surface area contributed by atoms with Crippen LogP contribution in [0, 0.1) is 0 Å². The molecule has 0 aliphatic rings. The molecule has 0 amide bonds. The maximum absolute atomic E-state index is 9.01. The van der Waals surface area contributed by atoms with Crippen LogP contribution in [0.4, 0.5) is 0 Å². The molecule has 0 saturated carbocycles. The summed E-state index contributed by atoms with van der Waals surface area (Å²) in [7, 11) is 0. The van der Waals surface area contributed by atoms with Gasteiger partial charge in [-0.25, -0.2) is 0 Å². The summed E-state index contributed by atoms with van der Waals surface area (Å²) in [6, 6.07) is 0. The maximum Gasteiger partial charge on any atom is 0.0662 e. The lowest BCUT2D eigenvalue weighted by atomic mass is 10.1. The third-order valence-corrected chi connectivity index (χ3v) is 1.62. The summed E-state index contributed by atoms with van der Waals surface area (Å²) in [6.45, 7) is 0.581. The van der Waals surface area contributed by atoms with Crippen LogP contribution >= 0.6 is 0 Å². The third kappa shape index (κ3) is 6.25. The molecule has 0 heterocycles. The Morgan fingerprint density at radius 3 is 1.55 bits per heavy atom. The quantitative estimate of drug-likeness (QED) is 0.394. The van der Waals surface area contributed by atoms with E-state index in [9.17, 15) is 0 Å². The minimum atomic E-state index is -0.431. The van der Waals surface area contributed by atoms with Gasteiger partial charge in [-0.15, -0.1) is 0 Å². The second-order valence-corrected chi connectivity index (χ2v) is 2.71. The molecule has 2 unspecified atom stereocenters. The fourth-order valence-electron chi connectivity index (χ4n) is 0.825. The molecule has 6 N–H and O–H groups in total. The minimum Gasteiger partial charge on any atom is -0.392 e. The van der Waals surface area contributed by atoms with Crippen molar-refractivity contribution in [1.29, 1.82) is 0 Å². The predicted molar refractivity (Wildman–Crippen MR) is 44.0 cm³/mol. The molecule has 0 radical (unpaired) electrons. The van der Waals surface area contributed by atoms with Crippen LogP contribution in [0.3, 0.4) is 0 Å². The van der Waals surface area contributed by atoms with Crippen molar-refractivity contribution >= 4 is 0 Å². The molecule has 0 aliphatic carbocycles. The van der Waals surface area contributed by atoms with Gasteiger partial charge in [0.05, 0.1) is 12.2 Å². The Morgan fingerprint density at radius 2 is 1.27 bits per heavy atom. The van der Waals surface area contributed by atoms with Gasteiger partial charge in [0.1, 0.15) is 0 Å². The fourth-order valence-corrected chi connectivity index (χ4v) is 0.825. The number of rotatable bonds is 6. The van der Waals surface area contributed by atoms with E-state index in [0.29, 0.717) is 25.9 Å². The highest BCUT2D eigenvalue weighted by atomic mass is 16.3. The van der Waals surface area contributed by atoms with E-state index in [4.69, 9.17) is 21.7 Å². The molecule has 4 nitrogen and oxygen atoms in total. The lowest BCUT2D eigenvalue weighted by Gasteiger charge is -2.09. The van der Waals surface area contributed by atoms with Gasteiger partial charge in [-0.3, -0.25) is 0 Å². The summed E-state index contributed by atoms with van der Waals surface area (Å²) in [5, 5.41) is 18.0. The van der Waals surface area contributed by atoms with Gasteiger partial charge in [0, 0.05) is 13.1 Å². The Morgan fingerprint density at radius 1 is 0.909 bits per heavy atom. The summed E-state index contributed by atoms with van der Waals surface area (Å²) in [4.78, 5) is 0. The van der Waals surface area contributed by atoms with Gasteiger partial charge >= 0.3 is 0 Å². The van der Waals surface area contributed by atoms with Crippen molar-refractivity contribution in [2.45, 2.75) is 31.5 Å². The lowest BCUT2D eigenvalue weighted by molar-refractivity contribution is 0.142. The second kappa shape index (κ2) is 6.54. The SMILES string of the molecule is NCC(O)CCCC(O)CN. The normalized spacial score (nSPS) is 16.4. The molecule has 2 atom stereocenters. The van der Waals surface area contributed by atoms with E-state index < -0.39 is 12.2 Å². The average molecular weight is 162 g/mol. The van der Waals surface area contributed by atoms with E-state index in [2.05, 4.69) is 0 Å². The monoisotopic (exact) mass is 162 g/mol. The molecule has 0 aromatic carbocycles. The first-order valence-electron chi connectivity index (χ1n) is 3.97. The van der Waals surface area contributed by atoms with Gasteiger partial charge in [0.25, 0.3) is 0 Å². The van der Waals surface area contributed by atoms with Gasteiger partial charge < -0.3 is 21.7 Å². The van der Waals surface area contributed by atoms with E-state index in [1.165, 1.54) is 0 Å². The zero-order valence-corrected chi connectivity index (χ0v) is 6.74. The highest BCUT2D eigenvalue weighted by molar-refractivity contribution is 4.60. The Labute approximate surface area is 67.2 Å². The zero-order valence-electron chi connectivity index (χ0n) is 6.74. The molecular formula is C7H18N2O2. The van der Waals surface area contributed by atoms with Crippen molar-refractivity contribution in [3.63, 3.8) is 0 Å². The van der Waals surface area contributed by atoms with Gasteiger partial charge in [-0.05, 0) is 19.3 Å². The molecule has 68 valence electrons. The van der Waals surface area contributed by atoms with E-state index >= 15 is 0 Å². The van der Waals surface area contributed by atoms with Gasteiger partial charge in [0.2, 0.25) is 0 Å². The summed E-state index contributed by atoms with van der Waals surface area (Å²) < 4.78 is 0. The molecule has 11 heavy (non-hydrogen) atoms. The zero-order chi connectivity index (χ0) is 8.69. The fraction of sp³-hybridized carbons (Fsp3) is 1.00. The molecular weight excluding hydrogens is 144 g/mol. The average Bonchev–Trinajstić information content (AvgIpc) is 2.04. The van der Waals surface area contributed by atoms with Crippen LogP contribution in [0.1, 0.15) is 19.3 Å². The smallest absolute Gasteiger partial charge is 0.0662 e. The van der Waals surface area contributed by atoms with Crippen LogP contribution in [-0.4, -0.2) is 35.5 Å². The van der Waals surface area contributed by atoms with E-state index in [0.717, 1.165) is 6.42 Å². The molecule has 0 aromatic rings. The van der Waals surface area contributed by atoms with Gasteiger partial charge in [0.15, 0.2) is 0 Å². The summed E-state index contributed by atoms with van der Waals surface area (Å²) in [6.07, 6.45) is 1.21. The van der Waals surface area contributed by atoms with E-state index in [1.807, 2.05) is 0 Å². The minimum absolute atomic E-state index is 0.290. The number of hydrogen-bond acceptors (Lipinski definition) is 4. The van der Waals surface area contributed by atoms with Crippen LogP contribution in [0.5, 0.6) is 0 Å². The molecule has 0 saturated heterocycles. The van der Waals surface area contributed by atoms with Crippen LogP contribution in [-0.2, 0) is 0 Å². The number of aliphatic hydroxyl groups is 2. The van der Waals surface area contributed by atoms with E-state index in [1.54, 1.807) is 0 Å². The van der Waals surface area contributed by atoms with Gasteiger partial charge in [-0.2, -0.15) is 0 Å². The third-order valence-electron chi connectivity index (χ3n) is 1.62. The van der Waals surface area contributed by atoms with Crippen molar-refractivity contribution in [3.05, 3.63) is 0 Å². The van der Waals surface area contributed by atoms with Crippen molar-refractivity contribution in [2.24, 2.45) is 11.5 Å². The van der Waals surface area contributed by atoms with Crippen molar-refractivity contribution < 1.29 is 10.2 Å².